The van der Waals surface area contributed by atoms with Crippen molar-refractivity contribution in [1.29, 1.82) is 0 Å². The van der Waals surface area contributed by atoms with Gasteiger partial charge in [-0.05, 0) is 36.8 Å². The summed E-state index contributed by atoms with van der Waals surface area (Å²) in [5.74, 6) is -0.374. The van der Waals surface area contributed by atoms with E-state index in [-0.39, 0.29) is 12.4 Å². The predicted octanol–water partition coefficient (Wildman–Crippen LogP) is 4.00. The van der Waals surface area contributed by atoms with Crippen molar-refractivity contribution in [3.8, 4) is 11.1 Å². The van der Waals surface area contributed by atoms with Crippen molar-refractivity contribution in [3.63, 3.8) is 0 Å². The molecule has 0 spiro atoms. The van der Waals surface area contributed by atoms with Crippen molar-refractivity contribution >= 4 is 27.4 Å². The van der Waals surface area contributed by atoms with Gasteiger partial charge in [0.1, 0.15) is 5.82 Å². The van der Waals surface area contributed by atoms with Gasteiger partial charge in [-0.1, -0.05) is 29.8 Å². The normalized spacial score (nSPS) is 13.4. The molecule has 3 aromatic rings. The summed E-state index contributed by atoms with van der Waals surface area (Å²) in [6.07, 6.45) is 2.58. The van der Waals surface area contributed by atoms with Crippen molar-refractivity contribution in [2.75, 3.05) is 6.26 Å². The molecule has 1 aliphatic rings. The Balaban J connectivity index is 1.96. The minimum absolute atomic E-state index is 0.242. The first-order chi connectivity index (χ1) is 13.2. The molecule has 5 nitrogen and oxygen atoms in total. The van der Waals surface area contributed by atoms with E-state index in [2.05, 4.69) is 4.99 Å². The Kier molecular flexibility index (Phi) is 4.51. The summed E-state index contributed by atoms with van der Waals surface area (Å²) >= 11 is 6.22. The fraction of sp³-hybridized carbons (Fsp3) is 0.150. The van der Waals surface area contributed by atoms with Crippen LogP contribution in [0, 0.1) is 12.7 Å². The molecule has 2 heterocycles. The van der Waals surface area contributed by atoms with E-state index in [1.165, 1.54) is 10.8 Å². The smallest absolute Gasteiger partial charge is 0.288 e. The Labute approximate surface area is 167 Å². The molecule has 2 aromatic carbocycles. The zero-order valence-electron chi connectivity index (χ0n) is 15.1. The van der Waals surface area contributed by atoms with Gasteiger partial charge in [-0.15, -0.1) is 0 Å². The topological polar surface area (TPSA) is 60.7 Å². The predicted molar refractivity (Wildman–Crippen MR) is 107 cm³/mol. The molecular formula is C20H16ClFN2O3S. The van der Waals surface area contributed by atoms with Gasteiger partial charge in [0.15, 0.2) is 0 Å². The van der Waals surface area contributed by atoms with E-state index in [1.807, 2.05) is 6.07 Å². The Hall–Kier alpha value is -2.64. The Morgan fingerprint density at radius 3 is 2.61 bits per heavy atom. The van der Waals surface area contributed by atoms with Crippen LogP contribution < -0.4 is 4.28 Å². The highest BCUT2D eigenvalue weighted by atomic mass is 35.5. The van der Waals surface area contributed by atoms with Crippen LogP contribution in [0.15, 0.2) is 53.7 Å². The summed E-state index contributed by atoms with van der Waals surface area (Å²) < 4.78 is 43.9. The summed E-state index contributed by atoms with van der Waals surface area (Å²) in [5.41, 5.74) is 4.52. The average Bonchev–Trinajstić information content (AvgIpc) is 2.82. The van der Waals surface area contributed by atoms with Crippen LogP contribution in [-0.2, 0) is 16.7 Å². The van der Waals surface area contributed by atoms with Gasteiger partial charge < -0.3 is 0 Å². The number of aliphatic imine (C=N–C) groups is 1. The highest BCUT2D eigenvalue weighted by Crippen LogP contribution is 2.37. The standard InChI is InChI=1S/C20H16ClFN2O3S/c1-12-19-13(11-24(12)27-28(2,25)26)10-23-20(16-5-3-4-6-18(16)22)17-9-14(21)7-8-15(17)19/h3-9,11H,10H2,1-2H3. The maximum absolute atomic E-state index is 14.5. The molecule has 0 bridgehead atoms. The second-order valence-electron chi connectivity index (χ2n) is 6.55. The second kappa shape index (κ2) is 6.76. The van der Waals surface area contributed by atoms with Gasteiger partial charge in [-0.25, -0.2) is 4.39 Å². The van der Waals surface area contributed by atoms with E-state index in [9.17, 15) is 12.8 Å². The molecule has 28 heavy (non-hydrogen) atoms. The van der Waals surface area contributed by atoms with Gasteiger partial charge in [0.2, 0.25) is 0 Å². The zero-order valence-corrected chi connectivity index (χ0v) is 16.7. The number of rotatable bonds is 3. The first kappa shape index (κ1) is 18.7. The number of halogens is 2. The summed E-state index contributed by atoms with van der Waals surface area (Å²) in [5, 5.41) is 0.496. The van der Waals surface area contributed by atoms with Crippen molar-refractivity contribution in [3.05, 3.63) is 81.9 Å². The lowest BCUT2D eigenvalue weighted by Gasteiger charge is -2.13. The minimum Gasteiger partial charge on any atom is -0.288 e. The lowest BCUT2D eigenvalue weighted by molar-refractivity contribution is 0.276. The largest absolute Gasteiger partial charge is 0.324 e. The van der Waals surface area contributed by atoms with E-state index >= 15 is 0 Å². The van der Waals surface area contributed by atoms with Crippen molar-refractivity contribution in [1.82, 2.24) is 4.73 Å². The molecule has 0 N–H and O–H groups in total. The highest BCUT2D eigenvalue weighted by Gasteiger charge is 2.25. The molecule has 0 fully saturated rings. The summed E-state index contributed by atoms with van der Waals surface area (Å²) in [4.78, 5) is 4.63. The maximum Gasteiger partial charge on any atom is 0.324 e. The van der Waals surface area contributed by atoms with Gasteiger partial charge in [-0.3, -0.25) is 9.28 Å². The fourth-order valence-electron chi connectivity index (χ4n) is 3.42. The quantitative estimate of drug-likeness (QED) is 0.646. The molecule has 0 aliphatic carbocycles. The SMILES string of the molecule is Cc1c2c(cn1OS(C)(=O)=O)CN=C(c1ccccc1F)c1cc(Cl)ccc1-2. The third kappa shape index (κ3) is 3.31. The number of nitrogens with zero attached hydrogens (tertiary/aromatic N) is 2. The fourth-order valence-corrected chi connectivity index (χ4v) is 4.04. The molecule has 144 valence electrons. The Bertz CT molecular complexity index is 1230. The van der Waals surface area contributed by atoms with Crippen LogP contribution in [0.3, 0.4) is 0 Å². The summed E-state index contributed by atoms with van der Waals surface area (Å²) in [7, 11) is -3.70. The number of hydrogen-bond acceptors (Lipinski definition) is 4. The van der Waals surface area contributed by atoms with E-state index in [4.69, 9.17) is 15.9 Å². The third-order valence-electron chi connectivity index (χ3n) is 4.54. The molecular weight excluding hydrogens is 403 g/mol. The van der Waals surface area contributed by atoms with Gasteiger partial charge in [-0.2, -0.15) is 13.1 Å². The lowest BCUT2D eigenvalue weighted by atomic mass is 9.92. The van der Waals surface area contributed by atoms with Gasteiger partial charge in [0.05, 0.1) is 30.4 Å². The number of fused-ring (bicyclic) bond motifs is 3. The van der Waals surface area contributed by atoms with Crippen LogP contribution in [0.25, 0.3) is 11.1 Å². The molecule has 0 radical (unpaired) electrons. The van der Waals surface area contributed by atoms with E-state index in [0.29, 0.717) is 27.6 Å². The number of hydrogen-bond donors (Lipinski definition) is 0. The van der Waals surface area contributed by atoms with Crippen LogP contribution in [0.5, 0.6) is 0 Å². The van der Waals surface area contributed by atoms with Crippen LogP contribution >= 0.6 is 11.6 Å². The Morgan fingerprint density at radius 2 is 1.89 bits per heavy atom. The first-order valence-electron chi connectivity index (χ1n) is 8.45. The van der Waals surface area contributed by atoms with Crippen molar-refractivity contribution in [2.45, 2.75) is 13.5 Å². The van der Waals surface area contributed by atoms with E-state index in [0.717, 1.165) is 22.9 Å². The van der Waals surface area contributed by atoms with Crippen LogP contribution in [0.4, 0.5) is 4.39 Å². The first-order valence-corrected chi connectivity index (χ1v) is 10.6. The van der Waals surface area contributed by atoms with Crippen LogP contribution in [-0.4, -0.2) is 25.1 Å². The minimum atomic E-state index is -3.70. The lowest BCUT2D eigenvalue weighted by Crippen LogP contribution is -2.19. The van der Waals surface area contributed by atoms with Crippen molar-refractivity contribution in [2.24, 2.45) is 4.99 Å². The van der Waals surface area contributed by atoms with Gasteiger partial charge >= 0.3 is 10.1 Å². The zero-order chi connectivity index (χ0) is 20.1. The molecule has 4 rings (SSSR count). The highest BCUT2D eigenvalue weighted by molar-refractivity contribution is 7.86. The van der Waals surface area contributed by atoms with Gasteiger partial charge in [0, 0.05) is 27.3 Å². The van der Waals surface area contributed by atoms with E-state index in [1.54, 1.807) is 43.5 Å². The molecule has 0 saturated carbocycles. The molecule has 0 amide bonds. The second-order valence-corrected chi connectivity index (χ2v) is 8.55. The molecule has 0 atom stereocenters. The molecule has 0 unspecified atom stereocenters. The third-order valence-corrected chi connectivity index (χ3v) is 5.21. The summed E-state index contributed by atoms with van der Waals surface area (Å²) in [6.45, 7) is 2.00. The van der Waals surface area contributed by atoms with E-state index < -0.39 is 10.1 Å². The summed E-state index contributed by atoms with van der Waals surface area (Å²) in [6, 6.07) is 11.7. The molecule has 8 heteroatoms. The molecule has 1 aromatic heterocycles. The average molecular weight is 419 g/mol. The van der Waals surface area contributed by atoms with Crippen LogP contribution in [0.2, 0.25) is 5.02 Å². The number of aromatic nitrogens is 1. The number of benzene rings is 2. The van der Waals surface area contributed by atoms with Gasteiger partial charge in [0.25, 0.3) is 0 Å². The van der Waals surface area contributed by atoms with Crippen molar-refractivity contribution < 1.29 is 17.1 Å². The monoisotopic (exact) mass is 418 g/mol. The van der Waals surface area contributed by atoms with Crippen LogP contribution in [0.1, 0.15) is 22.4 Å². The molecule has 0 saturated heterocycles. The maximum atomic E-state index is 14.5. The Morgan fingerprint density at radius 1 is 1.14 bits per heavy atom. The molecule has 1 aliphatic heterocycles.